The van der Waals surface area contributed by atoms with Crippen LogP contribution in [0.4, 0.5) is 0 Å². The van der Waals surface area contributed by atoms with Crippen molar-refractivity contribution in [3.05, 3.63) is 66.2 Å². The molecule has 0 unspecified atom stereocenters. The molecule has 128 valence electrons. The van der Waals surface area contributed by atoms with E-state index in [1.165, 1.54) is 17.3 Å². The minimum absolute atomic E-state index is 0.0320. The first kappa shape index (κ1) is 17.2. The number of tetrazole rings is 1. The Balaban J connectivity index is 1.51. The Morgan fingerprint density at radius 3 is 2.52 bits per heavy atom. The number of carbonyl (C=O) groups excluding carboxylic acids is 1. The molecule has 1 amide bonds. The first-order valence-electron chi connectivity index (χ1n) is 8.02. The van der Waals surface area contributed by atoms with Crippen LogP contribution in [0.1, 0.15) is 18.4 Å². The third-order valence-corrected chi connectivity index (χ3v) is 4.67. The molecule has 0 fully saturated rings. The number of rotatable bonds is 7. The van der Waals surface area contributed by atoms with Crippen molar-refractivity contribution in [1.29, 1.82) is 0 Å². The number of thioether (sulfide) groups is 1. The van der Waals surface area contributed by atoms with Gasteiger partial charge in [-0.25, -0.2) is 0 Å². The summed E-state index contributed by atoms with van der Waals surface area (Å²) in [6.07, 6.45) is 0. The summed E-state index contributed by atoms with van der Waals surface area (Å²) < 4.78 is 1.63. The van der Waals surface area contributed by atoms with Gasteiger partial charge in [0.1, 0.15) is 0 Å². The second-order valence-corrected chi connectivity index (χ2v) is 6.56. The molecule has 2 aromatic carbocycles. The van der Waals surface area contributed by atoms with E-state index < -0.39 is 0 Å². The number of para-hydroxylation sites is 1. The molecule has 0 aliphatic carbocycles. The zero-order valence-corrected chi connectivity index (χ0v) is 14.7. The van der Waals surface area contributed by atoms with Crippen molar-refractivity contribution in [1.82, 2.24) is 25.5 Å². The lowest BCUT2D eigenvalue weighted by Gasteiger charge is -2.12. The Labute approximate surface area is 150 Å². The van der Waals surface area contributed by atoms with Crippen molar-refractivity contribution in [3.63, 3.8) is 0 Å². The Morgan fingerprint density at radius 1 is 1.12 bits per heavy atom. The highest BCUT2D eigenvalue weighted by Gasteiger charge is 2.12. The first-order chi connectivity index (χ1) is 12.2. The highest BCUT2D eigenvalue weighted by atomic mass is 32.2. The lowest BCUT2D eigenvalue weighted by molar-refractivity contribution is -0.118. The molecule has 3 rings (SSSR count). The third-order valence-electron chi connectivity index (χ3n) is 3.75. The second kappa shape index (κ2) is 8.43. The summed E-state index contributed by atoms with van der Waals surface area (Å²) in [7, 11) is 0. The Morgan fingerprint density at radius 2 is 1.80 bits per heavy atom. The maximum Gasteiger partial charge on any atom is 0.230 e. The summed E-state index contributed by atoms with van der Waals surface area (Å²) >= 11 is 1.32. The van der Waals surface area contributed by atoms with Gasteiger partial charge in [-0.1, -0.05) is 67.2 Å². The van der Waals surface area contributed by atoms with Gasteiger partial charge in [0.15, 0.2) is 0 Å². The van der Waals surface area contributed by atoms with Crippen LogP contribution in [-0.2, 0) is 4.79 Å². The van der Waals surface area contributed by atoms with Crippen molar-refractivity contribution >= 4 is 17.7 Å². The summed E-state index contributed by atoms with van der Waals surface area (Å²) in [5, 5.41) is 15.2. The molecule has 0 saturated carbocycles. The van der Waals surface area contributed by atoms with Gasteiger partial charge in [0.2, 0.25) is 11.1 Å². The number of hydrogen-bond acceptors (Lipinski definition) is 5. The van der Waals surface area contributed by atoms with E-state index in [0.29, 0.717) is 11.7 Å². The zero-order chi connectivity index (χ0) is 17.5. The van der Waals surface area contributed by atoms with Crippen LogP contribution >= 0.6 is 11.8 Å². The van der Waals surface area contributed by atoms with E-state index >= 15 is 0 Å². The fourth-order valence-corrected chi connectivity index (χ4v) is 3.07. The van der Waals surface area contributed by atoms with Gasteiger partial charge in [0, 0.05) is 6.54 Å². The fourth-order valence-electron chi connectivity index (χ4n) is 2.35. The number of aromatic nitrogens is 4. The third kappa shape index (κ3) is 4.67. The van der Waals surface area contributed by atoms with E-state index in [0.717, 1.165) is 5.69 Å². The van der Waals surface area contributed by atoms with Crippen molar-refractivity contribution in [3.8, 4) is 5.69 Å². The number of carbonyl (C=O) groups is 1. The van der Waals surface area contributed by atoms with Gasteiger partial charge in [-0.2, -0.15) is 4.68 Å². The SMILES string of the molecule is C[C@H](CNC(=O)CSc1nnnn1-c1ccccc1)c1ccccc1. The smallest absolute Gasteiger partial charge is 0.230 e. The van der Waals surface area contributed by atoms with Crippen molar-refractivity contribution in [2.45, 2.75) is 18.0 Å². The minimum atomic E-state index is -0.0320. The van der Waals surface area contributed by atoms with Crippen LogP contribution in [0, 0.1) is 0 Å². The minimum Gasteiger partial charge on any atom is -0.355 e. The lowest BCUT2D eigenvalue weighted by Crippen LogP contribution is -2.29. The maximum atomic E-state index is 12.1. The van der Waals surface area contributed by atoms with Crippen LogP contribution in [0.3, 0.4) is 0 Å². The normalized spacial score (nSPS) is 11.9. The summed E-state index contributed by atoms with van der Waals surface area (Å²) in [6, 6.07) is 19.7. The highest BCUT2D eigenvalue weighted by molar-refractivity contribution is 7.99. The van der Waals surface area contributed by atoms with Gasteiger partial charge in [-0.05, 0) is 34.0 Å². The molecule has 0 aliphatic rings. The fraction of sp³-hybridized carbons (Fsp3) is 0.222. The first-order valence-corrected chi connectivity index (χ1v) is 9.01. The molecular formula is C18H19N5OS. The zero-order valence-electron chi connectivity index (χ0n) is 13.9. The van der Waals surface area contributed by atoms with Crippen LogP contribution in [0.2, 0.25) is 0 Å². The number of benzene rings is 2. The van der Waals surface area contributed by atoms with Crippen molar-refractivity contribution in [2.75, 3.05) is 12.3 Å². The molecule has 0 radical (unpaired) electrons. The molecule has 1 atom stereocenters. The number of nitrogens with one attached hydrogen (secondary N) is 1. The van der Waals surface area contributed by atoms with Crippen LogP contribution in [-0.4, -0.2) is 38.4 Å². The molecule has 3 aromatic rings. The molecule has 1 N–H and O–H groups in total. The molecular weight excluding hydrogens is 334 g/mol. The number of hydrogen-bond donors (Lipinski definition) is 1. The standard InChI is InChI=1S/C18H19N5OS/c1-14(15-8-4-2-5-9-15)12-19-17(24)13-25-18-20-21-22-23(18)16-10-6-3-7-11-16/h2-11,14H,12-13H2,1H3,(H,19,24)/t14-/m1/s1. The molecule has 1 aromatic heterocycles. The van der Waals surface area contributed by atoms with Crippen LogP contribution in [0.5, 0.6) is 0 Å². The summed E-state index contributed by atoms with van der Waals surface area (Å²) in [4.78, 5) is 12.1. The summed E-state index contributed by atoms with van der Waals surface area (Å²) in [5.41, 5.74) is 2.08. The molecule has 0 spiro atoms. The van der Waals surface area contributed by atoms with Gasteiger partial charge in [0.05, 0.1) is 11.4 Å². The number of nitrogens with zero attached hydrogens (tertiary/aromatic N) is 4. The molecule has 0 bridgehead atoms. The highest BCUT2D eigenvalue weighted by Crippen LogP contribution is 2.18. The Kier molecular flexibility index (Phi) is 5.79. The van der Waals surface area contributed by atoms with Crippen molar-refractivity contribution < 1.29 is 4.79 Å². The van der Waals surface area contributed by atoms with E-state index in [2.05, 4.69) is 39.9 Å². The van der Waals surface area contributed by atoms with Crippen LogP contribution < -0.4 is 5.32 Å². The maximum absolute atomic E-state index is 12.1. The van der Waals surface area contributed by atoms with E-state index in [4.69, 9.17) is 0 Å². The van der Waals surface area contributed by atoms with Crippen LogP contribution in [0.25, 0.3) is 5.69 Å². The Bertz CT molecular complexity index is 807. The molecule has 6 nitrogen and oxygen atoms in total. The molecule has 7 heteroatoms. The van der Waals surface area contributed by atoms with Gasteiger partial charge in [-0.3, -0.25) is 4.79 Å². The molecule has 25 heavy (non-hydrogen) atoms. The van der Waals surface area contributed by atoms with Gasteiger partial charge in [0.25, 0.3) is 0 Å². The Hall–Kier alpha value is -2.67. The number of amides is 1. The van der Waals surface area contributed by atoms with E-state index in [9.17, 15) is 4.79 Å². The van der Waals surface area contributed by atoms with Gasteiger partial charge in [-0.15, -0.1) is 5.10 Å². The summed E-state index contributed by atoms with van der Waals surface area (Å²) in [5.74, 6) is 0.509. The average molecular weight is 353 g/mol. The van der Waals surface area contributed by atoms with E-state index in [1.54, 1.807) is 4.68 Å². The van der Waals surface area contributed by atoms with E-state index in [1.807, 2.05) is 48.5 Å². The lowest BCUT2D eigenvalue weighted by atomic mass is 10.0. The molecule has 1 heterocycles. The molecule has 0 aliphatic heterocycles. The van der Waals surface area contributed by atoms with Gasteiger partial charge >= 0.3 is 0 Å². The predicted molar refractivity (Wildman–Crippen MR) is 97.7 cm³/mol. The largest absolute Gasteiger partial charge is 0.355 e. The van der Waals surface area contributed by atoms with Crippen molar-refractivity contribution in [2.24, 2.45) is 0 Å². The monoisotopic (exact) mass is 353 g/mol. The summed E-state index contributed by atoms with van der Waals surface area (Å²) in [6.45, 7) is 2.70. The quantitative estimate of drug-likeness (QED) is 0.661. The van der Waals surface area contributed by atoms with Crippen LogP contribution in [0.15, 0.2) is 65.8 Å². The second-order valence-electron chi connectivity index (χ2n) is 5.61. The molecule has 0 saturated heterocycles. The average Bonchev–Trinajstić information content (AvgIpc) is 3.14. The van der Waals surface area contributed by atoms with Gasteiger partial charge < -0.3 is 5.32 Å². The predicted octanol–water partition coefficient (Wildman–Crippen LogP) is 2.67. The van der Waals surface area contributed by atoms with E-state index in [-0.39, 0.29) is 17.6 Å². The topological polar surface area (TPSA) is 72.7 Å².